The molecule has 5 heteroatoms. The molecule has 0 aromatic rings. The zero-order valence-corrected chi connectivity index (χ0v) is 9.81. The van der Waals surface area contributed by atoms with E-state index in [1.807, 2.05) is 9.24 Å². The fourth-order valence-corrected chi connectivity index (χ4v) is 0.670. The number of hydrogen-bond donors (Lipinski definition) is 0. The monoisotopic (exact) mass is 230 g/mol. The van der Waals surface area contributed by atoms with E-state index in [1.54, 1.807) is 0 Å². The van der Waals surface area contributed by atoms with Crippen LogP contribution in [0.3, 0.4) is 0 Å². The van der Waals surface area contributed by atoms with Crippen molar-refractivity contribution in [2.75, 3.05) is 0 Å². The summed E-state index contributed by atoms with van der Waals surface area (Å²) in [6.45, 7) is 9.63. The van der Waals surface area contributed by atoms with E-state index in [0.29, 0.717) is 0 Å². The van der Waals surface area contributed by atoms with Crippen molar-refractivity contribution in [1.29, 1.82) is 0 Å². The van der Waals surface area contributed by atoms with Crippen molar-refractivity contribution in [1.82, 2.24) is 0 Å². The van der Waals surface area contributed by atoms with E-state index in [1.165, 1.54) is 6.08 Å². The summed E-state index contributed by atoms with van der Waals surface area (Å²) < 4.78 is 0. The first-order valence-electron chi connectivity index (χ1n) is 3.49. The maximum atomic E-state index is 10.4. The van der Waals surface area contributed by atoms with Gasteiger partial charge in [0.05, 0.1) is 0 Å². The fraction of sp³-hybridized carbons (Fsp3) is 0. The molecular formula is C9H12O3P2. The molecule has 14 heavy (non-hydrogen) atoms. The molecule has 0 aliphatic heterocycles. The van der Waals surface area contributed by atoms with Crippen LogP contribution < -0.4 is 0 Å². The third-order valence-corrected chi connectivity index (χ3v) is 1.96. The van der Waals surface area contributed by atoms with E-state index in [9.17, 15) is 14.4 Å². The molecule has 0 heterocycles. The third kappa shape index (κ3) is 13.7. The van der Waals surface area contributed by atoms with Crippen LogP contribution in [0.1, 0.15) is 0 Å². The molecule has 0 saturated heterocycles. The standard InChI is InChI=1S/C6H7O2P.C3H5OP/c1-3-5(7)9-6(8)4-2;1-2-3(4)5/h3-4,9H,1-2H2;2H,1,5H2. The van der Waals surface area contributed by atoms with Gasteiger partial charge in [-0.05, 0) is 18.2 Å². The lowest BCUT2D eigenvalue weighted by molar-refractivity contribution is -0.110. The molecule has 0 rings (SSSR count). The maximum Gasteiger partial charge on any atom is 0.181 e. The molecular weight excluding hydrogens is 218 g/mol. The van der Waals surface area contributed by atoms with Gasteiger partial charge in [0.15, 0.2) is 16.6 Å². The Kier molecular flexibility index (Phi) is 11.3. The normalized spacial score (nSPS) is 7.50. The molecule has 0 saturated carbocycles. The highest BCUT2D eigenvalue weighted by atomic mass is 31.1. The van der Waals surface area contributed by atoms with Gasteiger partial charge in [-0.2, -0.15) is 0 Å². The number of rotatable bonds is 5. The molecule has 0 fully saturated rings. The van der Waals surface area contributed by atoms with Gasteiger partial charge in [-0.25, -0.2) is 0 Å². The molecule has 0 aromatic heterocycles. The van der Waals surface area contributed by atoms with Crippen LogP contribution >= 0.6 is 17.8 Å². The second-order valence-corrected chi connectivity index (χ2v) is 3.67. The lowest BCUT2D eigenvalue weighted by Gasteiger charge is -1.85. The van der Waals surface area contributed by atoms with Crippen LogP contribution in [-0.4, -0.2) is 16.6 Å². The average molecular weight is 230 g/mol. The molecule has 3 nitrogen and oxygen atoms in total. The number of carbonyl (C=O) groups is 3. The molecule has 1 atom stereocenters. The van der Waals surface area contributed by atoms with Crippen LogP contribution in [0.25, 0.3) is 0 Å². The quantitative estimate of drug-likeness (QED) is 0.533. The summed E-state index contributed by atoms with van der Waals surface area (Å²) in [5, 5.41) is 0. The summed E-state index contributed by atoms with van der Waals surface area (Å²) >= 11 is 0. The van der Waals surface area contributed by atoms with Gasteiger partial charge in [-0.15, -0.1) is 0 Å². The molecule has 0 spiro atoms. The van der Waals surface area contributed by atoms with Gasteiger partial charge in [0.2, 0.25) is 0 Å². The molecule has 0 aliphatic carbocycles. The summed E-state index contributed by atoms with van der Waals surface area (Å²) in [5.74, 6) is 0. The number of carbonyl (C=O) groups excluding carboxylic acids is 3. The van der Waals surface area contributed by atoms with E-state index < -0.39 is 0 Å². The van der Waals surface area contributed by atoms with Crippen molar-refractivity contribution in [3.63, 3.8) is 0 Å². The van der Waals surface area contributed by atoms with E-state index in [0.717, 1.165) is 12.2 Å². The molecule has 0 N–H and O–H groups in total. The SMILES string of the molecule is C=CC(=O)P.C=CC(=O)PC(=O)C=C. The highest BCUT2D eigenvalue weighted by molar-refractivity contribution is 7.74. The lowest BCUT2D eigenvalue weighted by Crippen LogP contribution is -1.87. The molecule has 76 valence electrons. The van der Waals surface area contributed by atoms with Crippen LogP contribution in [0.15, 0.2) is 38.0 Å². The van der Waals surface area contributed by atoms with Crippen molar-refractivity contribution in [3.05, 3.63) is 38.0 Å². The van der Waals surface area contributed by atoms with Crippen LogP contribution in [0.2, 0.25) is 0 Å². The smallest absolute Gasteiger partial charge is 0.181 e. The van der Waals surface area contributed by atoms with Crippen molar-refractivity contribution in [2.24, 2.45) is 0 Å². The van der Waals surface area contributed by atoms with Gasteiger partial charge < -0.3 is 0 Å². The minimum absolute atomic E-state index is 0.0648. The predicted octanol–water partition coefficient (Wildman–Crippen LogP) is 1.66. The van der Waals surface area contributed by atoms with Gasteiger partial charge in [-0.1, -0.05) is 29.0 Å². The lowest BCUT2D eigenvalue weighted by atomic mass is 10.7. The Labute approximate surface area is 87.3 Å². The summed E-state index contributed by atoms with van der Waals surface area (Å²) in [6, 6.07) is 0. The van der Waals surface area contributed by atoms with E-state index in [4.69, 9.17) is 0 Å². The highest BCUT2D eigenvalue weighted by Crippen LogP contribution is 2.12. The first-order chi connectivity index (χ1) is 6.47. The molecule has 1 unspecified atom stereocenters. The van der Waals surface area contributed by atoms with Crippen LogP contribution in [0, 0.1) is 0 Å². The van der Waals surface area contributed by atoms with Gasteiger partial charge >= 0.3 is 0 Å². The molecule has 0 amide bonds. The van der Waals surface area contributed by atoms with Crippen molar-refractivity contribution < 1.29 is 14.4 Å². The minimum atomic E-state index is -0.334. The van der Waals surface area contributed by atoms with Gasteiger partial charge in [0, 0.05) is 8.58 Å². The maximum absolute atomic E-state index is 10.4. The van der Waals surface area contributed by atoms with Crippen molar-refractivity contribution in [3.8, 4) is 0 Å². The molecule has 0 bridgehead atoms. The Morgan fingerprint density at radius 3 is 1.36 bits per heavy atom. The minimum Gasteiger partial charge on any atom is -0.290 e. The summed E-state index contributed by atoms with van der Waals surface area (Å²) in [7, 11) is 1.64. The second kappa shape index (κ2) is 10.2. The second-order valence-electron chi connectivity index (χ2n) is 1.87. The van der Waals surface area contributed by atoms with Crippen LogP contribution in [-0.2, 0) is 14.4 Å². The largest absolute Gasteiger partial charge is 0.290 e. The fourth-order valence-electron chi connectivity index (χ4n) is 0.223. The molecule has 0 aromatic carbocycles. The number of allylic oxidation sites excluding steroid dienone is 3. The van der Waals surface area contributed by atoms with Crippen molar-refractivity contribution in [2.45, 2.75) is 0 Å². The van der Waals surface area contributed by atoms with Gasteiger partial charge in [0.25, 0.3) is 0 Å². The molecule has 0 aliphatic rings. The van der Waals surface area contributed by atoms with Crippen LogP contribution in [0.4, 0.5) is 0 Å². The molecule has 0 radical (unpaired) electrons. The Morgan fingerprint density at radius 1 is 0.929 bits per heavy atom. The van der Waals surface area contributed by atoms with E-state index in [2.05, 4.69) is 19.7 Å². The highest BCUT2D eigenvalue weighted by Gasteiger charge is 1.99. The van der Waals surface area contributed by atoms with Crippen molar-refractivity contribution >= 4 is 34.4 Å². The zero-order chi connectivity index (χ0) is 11.6. The summed E-state index contributed by atoms with van der Waals surface area (Å²) in [4.78, 5) is 30.5. The first kappa shape index (κ1) is 15.6. The summed E-state index contributed by atoms with van der Waals surface area (Å²) in [5.41, 5.74) is -0.537. The van der Waals surface area contributed by atoms with E-state index >= 15 is 0 Å². The first-order valence-corrected chi connectivity index (χ1v) is 5.07. The van der Waals surface area contributed by atoms with Gasteiger partial charge in [-0.3, -0.25) is 14.4 Å². The van der Waals surface area contributed by atoms with Gasteiger partial charge in [0.1, 0.15) is 0 Å². The Balaban J connectivity index is 0. The zero-order valence-electron chi connectivity index (χ0n) is 7.66. The Bertz CT molecular complexity index is 251. The van der Waals surface area contributed by atoms with E-state index in [-0.39, 0.29) is 25.2 Å². The predicted molar refractivity (Wildman–Crippen MR) is 63.6 cm³/mol. The Hall–Kier alpha value is -0.910. The number of hydrogen-bond acceptors (Lipinski definition) is 3. The Morgan fingerprint density at radius 2 is 1.21 bits per heavy atom. The summed E-state index contributed by atoms with van der Waals surface area (Å²) in [6.07, 6.45) is 3.52. The topological polar surface area (TPSA) is 51.2 Å². The van der Waals surface area contributed by atoms with Crippen LogP contribution in [0.5, 0.6) is 0 Å². The average Bonchev–Trinajstić information content (AvgIpc) is 2.18. The third-order valence-electron chi connectivity index (χ3n) is 0.818.